The first-order chi connectivity index (χ1) is 9.36. The highest BCUT2D eigenvalue weighted by Crippen LogP contribution is 2.16. The zero-order valence-electron chi connectivity index (χ0n) is 10.1. The van der Waals surface area contributed by atoms with Crippen LogP contribution in [0.5, 0.6) is 0 Å². The van der Waals surface area contributed by atoms with E-state index in [-0.39, 0.29) is 0 Å². The third kappa shape index (κ3) is 2.28. The van der Waals surface area contributed by atoms with Crippen LogP contribution < -0.4 is 0 Å². The molecular formula is C15H11N3O. The zero-order valence-corrected chi connectivity index (χ0v) is 10.1. The number of aldehydes is 1. The molecule has 0 unspecified atom stereocenters. The van der Waals surface area contributed by atoms with Gasteiger partial charge in [0, 0.05) is 11.1 Å². The summed E-state index contributed by atoms with van der Waals surface area (Å²) in [4.78, 5) is 14.9. The van der Waals surface area contributed by atoms with Crippen molar-refractivity contribution in [3.8, 4) is 17.1 Å². The maximum absolute atomic E-state index is 10.6. The molecule has 0 saturated heterocycles. The van der Waals surface area contributed by atoms with Gasteiger partial charge in [0.2, 0.25) is 0 Å². The molecule has 0 fully saturated rings. The summed E-state index contributed by atoms with van der Waals surface area (Å²) in [6.45, 7) is 0. The molecule has 92 valence electrons. The molecule has 0 aliphatic rings. The number of para-hydroxylation sites is 1. The Morgan fingerprint density at radius 2 is 1.68 bits per heavy atom. The average molecular weight is 249 g/mol. The average Bonchev–Trinajstić information content (AvgIpc) is 2.98. The SMILES string of the molecule is O=Cc1ccc(-c2ncn(-c3ccccc3)n2)cc1. The van der Waals surface area contributed by atoms with E-state index >= 15 is 0 Å². The third-order valence-electron chi connectivity index (χ3n) is 2.82. The van der Waals surface area contributed by atoms with Crippen molar-refractivity contribution < 1.29 is 4.79 Å². The molecule has 0 atom stereocenters. The van der Waals surface area contributed by atoms with Crippen LogP contribution in [-0.4, -0.2) is 21.1 Å². The standard InChI is InChI=1S/C15H11N3O/c19-10-12-6-8-13(9-7-12)15-16-11-18(17-15)14-4-2-1-3-5-14/h1-11H. The molecule has 19 heavy (non-hydrogen) atoms. The Balaban J connectivity index is 1.94. The number of hydrogen-bond donors (Lipinski definition) is 0. The highest BCUT2D eigenvalue weighted by Gasteiger charge is 2.05. The lowest BCUT2D eigenvalue weighted by molar-refractivity contribution is 0.112. The molecule has 0 spiro atoms. The Morgan fingerprint density at radius 3 is 2.37 bits per heavy atom. The topological polar surface area (TPSA) is 47.8 Å². The van der Waals surface area contributed by atoms with Crippen molar-refractivity contribution in [3.63, 3.8) is 0 Å². The van der Waals surface area contributed by atoms with Crippen LogP contribution in [0.1, 0.15) is 10.4 Å². The Morgan fingerprint density at radius 1 is 0.947 bits per heavy atom. The van der Waals surface area contributed by atoms with Crippen LogP contribution in [0.15, 0.2) is 60.9 Å². The second-order valence-electron chi connectivity index (χ2n) is 4.09. The summed E-state index contributed by atoms with van der Waals surface area (Å²) in [5.74, 6) is 0.640. The van der Waals surface area contributed by atoms with Gasteiger partial charge in [-0.3, -0.25) is 4.79 Å². The van der Waals surface area contributed by atoms with Gasteiger partial charge in [0.1, 0.15) is 12.6 Å². The summed E-state index contributed by atoms with van der Waals surface area (Å²) in [5, 5.41) is 4.42. The maximum Gasteiger partial charge on any atom is 0.181 e. The highest BCUT2D eigenvalue weighted by atomic mass is 16.1. The lowest BCUT2D eigenvalue weighted by atomic mass is 10.1. The smallest absolute Gasteiger partial charge is 0.181 e. The quantitative estimate of drug-likeness (QED) is 0.670. The molecule has 1 heterocycles. The van der Waals surface area contributed by atoms with E-state index in [1.54, 1.807) is 23.1 Å². The fraction of sp³-hybridized carbons (Fsp3) is 0. The minimum Gasteiger partial charge on any atom is -0.298 e. The van der Waals surface area contributed by atoms with Crippen LogP contribution in [-0.2, 0) is 0 Å². The van der Waals surface area contributed by atoms with Crippen LogP contribution in [0.4, 0.5) is 0 Å². The zero-order chi connectivity index (χ0) is 13.1. The number of carbonyl (C=O) groups excluding carboxylic acids is 1. The first-order valence-corrected chi connectivity index (χ1v) is 5.89. The molecule has 0 aliphatic carbocycles. The number of aromatic nitrogens is 3. The molecule has 4 nitrogen and oxygen atoms in total. The van der Waals surface area contributed by atoms with Crippen LogP contribution >= 0.6 is 0 Å². The second-order valence-corrected chi connectivity index (χ2v) is 4.09. The Hall–Kier alpha value is -2.75. The lowest BCUT2D eigenvalue weighted by Crippen LogP contribution is -1.94. The number of benzene rings is 2. The van der Waals surface area contributed by atoms with E-state index in [2.05, 4.69) is 10.1 Å². The largest absolute Gasteiger partial charge is 0.298 e. The van der Waals surface area contributed by atoms with Gasteiger partial charge in [-0.1, -0.05) is 42.5 Å². The molecule has 2 aromatic carbocycles. The van der Waals surface area contributed by atoms with E-state index < -0.39 is 0 Å². The molecule has 3 aromatic rings. The van der Waals surface area contributed by atoms with E-state index in [4.69, 9.17) is 0 Å². The molecule has 0 N–H and O–H groups in total. The molecule has 0 saturated carbocycles. The number of hydrogen-bond acceptors (Lipinski definition) is 3. The van der Waals surface area contributed by atoms with Crippen molar-refractivity contribution in [2.45, 2.75) is 0 Å². The number of rotatable bonds is 3. The molecular weight excluding hydrogens is 238 g/mol. The van der Waals surface area contributed by atoms with Gasteiger partial charge in [0.25, 0.3) is 0 Å². The van der Waals surface area contributed by atoms with Gasteiger partial charge in [-0.2, -0.15) is 0 Å². The van der Waals surface area contributed by atoms with Crippen molar-refractivity contribution in [2.24, 2.45) is 0 Å². The molecule has 0 bridgehead atoms. The molecule has 0 amide bonds. The van der Waals surface area contributed by atoms with E-state index in [0.717, 1.165) is 17.5 Å². The maximum atomic E-state index is 10.6. The number of carbonyl (C=O) groups is 1. The van der Waals surface area contributed by atoms with Crippen molar-refractivity contribution in [3.05, 3.63) is 66.5 Å². The van der Waals surface area contributed by atoms with E-state index in [1.165, 1.54) is 0 Å². The van der Waals surface area contributed by atoms with Crippen molar-refractivity contribution in [1.29, 1.82) is 0 Å². The van der Waals surface area contributed by atoms with Crippen LogP contribution in [0.2, 0.25) is 0 Å². The normalized spacial score (nSPS) is 10.3. The van der Waals surface area contributed by atoms with Crippen LogP contribution in [0, 0.1) is 0 Å². The predicted molar refractivity (Wildman–Crippen MR) is 72.2 cm³/mol. The van der Waals surface area contributed by atoms with Gasteiger partial charge >= 0.3 is 0 Å². The molecule has 3 rings (SSSR count). The van der Waals surface area contributed by atoms with Crippen molar-refractivity contribution in [2.75, 3.05) is 0 Å². The molecule has 0 radical (unpaired) electrons. The first-order valence-electron chi connectivity index (χ1n) is 5.89. The minimum absolute atomic E-state index is 0.640. The third-order valence-corrected chi connectivity index (χ3v) is 2.82. The summed E-state index contributed by atoms with van der Waals surface area (Å²) in [6.07, 6.45) is 2.50. The van der Waals surface area contributed by atoms with E-state index in [0.29, 0.717) is 11.4 Å². The summed E-state index contributed by atoms with van der Waals surface area (Å²) in [6, 6.07) is 17.0. The van der Waals surface area contributed by atoms with Gasteiger partial charge in [0.15, 0.2) is 5.82 Å². The summed E-state index contributed by atoms with van der Waals surface area (Å²) in [7, 11) is 0. The second kappa shape index (κ2) is 4.86. The highest BCUT2D eigenvalue weighted by molar-refractivity contribution is 5.76. The van der Waals surface area contributed by atoms with Gasteiger partial charge in [0.05, 0.1) is 5.69 Å². The molecule has 0 aliphatic heterocycles. The van der Waals surface area contributed by atoms with Crippen molar-refractivity contribution >= 4 is 6.29 Å². The van der Waals surface area contributed by atoms with Gasteiger partial charge in [-0.15, -0.1) is 5.10 Å². The van der Waals surface area contributed by atoms with Gasteiger partial charge in [-0.25, -0.2) is 9.67 Å². The van der Waals surface area contributed by atoms with Crippen LogP contribution in [0.3, 0.4) is 0 Å². The van der Waals surface area contributed by atoms with E-state index in [1.807, 2.05) is 42.5 Å². The van der Waals surface area contributed by atoms with E-state index in [9.17, 15) is 4.79 Å². The lowest BCUT2D eigenvalue weighted by Gasteiger charge is -1.98. The fourth-order valence-electron chi connectivity index (χ4n) is 1.81. The predicted octanol–water partition coefficient (Wildman–Crippen LogP) is 2.75. The first kappa shape index (κ1) is 11.3. The number of nitrogens with zero attached hydrogens (tertiary/aromatic N) is 3. The summed E-state index contributed by atoms with van der Waals surface area (Å²) < 4.78 is 1.73. The minimum atomic E-state index is 0.640. The molecule has 1 aromatic heterocycles. The molecule has 4 heteroatoms. The Labute approximate surface area is 110 Å². The van der Waals surface area contributed by atoms with Crippen LogP contribution in [0.25, 0.3) is 17.1 Å². The van der Waals surface area contributed by atoms with Gasteiger partial charge in [-0.05, 0) is 12.1 Å². The Kier molecular flexibility index (Phi) is 2.90. The Bertz CT molecular complexity index is 687. The summed E-state index contributed by atoms with van der Waals surface area (Å²) in [5.41, 5.74) is 2.50. The monoisotopic (exact) mass is 249 g/mol. The fourth-order valence-corrected chi connectivity index (χ4v) is 1.81. The van der Waals surface area contributed by atoms with Gasteiger partial charge < -0.3 is 0 Å². The van der Waals surface area contributed by atoms with Crippen molar-refractivity contribution in [1.82, 2.24) is 14.8 Å². The summed E-state index contributed by atoms with van der Waals surface area (Å²) >= 11 is 0.